The normalized spacial score (nSPS) is 15.7. The minimum absolute atomic E-state index is 0.133. The molecule has 0 atom stereocenters. The summed E-state index contributed by atoms with van der Waals surface area (Å²) >= 11 is 0. The number of ether oxygens (including phenoxy) is 1. The minimum atomic E-state index is -0.569. The van der Waals surface area contributed by atoms with Gasteiger partial charge in [-0.25, -0.2) is 0 Å². The summed E-state index contributed by atoms with van der Waals surface area (Å²) in [6, 6.07) is 108. The number of likely N-dealkylation sites (tertiary alicyclic amines) is 3. The summed E-state index contributed by atoms with van der Waals surface area (Å²) < 4.78 is 6.71. The van der Waals surface area contributed by atoms with Crippen LogP contribution in [0.5, 0.6) is 23.0 Å². The molecular formula is C117H134N5O9+. The number of piperazine rings is 1. The van der Waals surface area contributed by atoms with Gasteiger partial charge in [-0.15, -0.1) is 0 Å². The second-order valence-corrected chi connectivity index (χ2v) is 37.4. The van der Waals surface area contributed by atoms with E-state index < -0.39 is 5.41 Å². The highest BCUT2D eigenvalue weighted by Gasteiger charge is 2.38. The van der Waals surface area contributed by atoms with Crippen LogP contribution in [0.25, 0.3) is 44.6 Å². The second kappa shape index (κ2) is 46.7. The Morgan fingerprint density at radius 2 is 0.611 bits per heavy atom. The number of anilines is 1. The molecule has 14 heteroatoms. The third-order valence-electron chi connectivity index (χ3n) is 25.6. The molecule has 16 rings (SSSR count). The molecule has 12 aromatic carbocycles. The van der Waals surface area contributed by atoms with Crippen molar-refractivity contribution in [1.82, 2.24) is 14.7 Å². The molecule has 0 aromatic heterocycles. The molecule has 0 radical (unpaired) electrons. The van der Waals surface area contributed by atoms with Crippen LogP contribution in [-0.2, 0) is 4.79 Å². The van der Waals surface area contributed by atoms with Gasteiger partial charge in [-0.1, -0.05) is 255 Å². The smallest absolute Gasteiger partial charge is 0.316 e. The van der Waals surface area contributed by atoms with Crippen LogP contribution in [0, 0.1) is 5.41 Å². The zero-order chi connectivity index (χ0) is 92.4. The molecule has 0 aliphatic carbocycles. The first kappa shape index (κ1) is 96.5. The SMILES string of the molecule is CC(C)N1CC(c2ccc(/C(=C(/CCCO)c3ccccc3)c3ccc(O)cc3)cc2)C1.CN1CC(c2ccc(/C(=C(/CCCO)c3ccccc3)c3ccc(O)cc3)cc2)C1.CN1CCN(c2ccc(/C(=C(/CCCO)c3ccccc3)c3ccc(OC(=O)C(C)(C)C)cc3)cc2)CC1.C[N+]1(C)CC(c2ccc(/C(=C(/CCCO)c3ccccc3)c3ccc(O)cc3)cc2)C1. The summed E-state index contributed by atoms with van der Waals surface area (Å²) in [7, 11) is 8.89. The average molecular weight is 1750 g/mol. The average Bonchev–Trinajstić information content (AvgIpc) is 0.781. The Labute approximate surface area is 778 Å². The lowest BCUT2D eigenvalue weighted by molar-refractivity contribution is -0.932. The number of allylic oxidation sites excluding steroid dienone is 4. The lowest BCUT2D eigenvalue weighted by Crippen LogP contribution is -2.56. The Kier molecular flexibility index (Phi) is 34.4. The Bertz CT molecular complexity index is 5690. The van der Waals surface area contributed by atoms with Crippen molar-refractivity contribution in [1.29, 1.82) is 0 Å². The molecule has 4 fully saturated rings. The van der Waals surface area contributed by atoms with Crippen LogP contribution in [-0.4, -0.2) is 187 Å². The van der Waals surface area contributed by atoms with E-state index >= 15 is 0 Å². The highest BCUT2D eigenvalue weighted by molar-refractivity contribution is 6.02. The van der Waals surface area contributed by atoms with Crippen molar-refractivity contribution in [2.24, 2.45) is 5.41 Å². The van der Waals surface area contributed by atoms with Gasteiger partial charge in [0.25, 0.3) is 0 Å². The van der Waals surface area contributed by atoms with E-state index in [0.29, 0.717) is 55.2 Å². The van der Waals surface area contributed by atoms with Gasteiger partial charge in [-0.2, -0.15) is 0 Å². The first-order chi connectivity index (χ1) is 63.4. The fraction of sp³-hybridized carbons (Fsp3) is 0.308. The van der Waals surface area contributed by atoms with Gasteiger partial charge < -0.3 is 59.7 Å². The van der Waals surface area contributed by atoms with E-state index in [9.17, 15) is 40.5 Å². The summed E-state index contributed by atoms with van der Waals surface area (Å²) in [4.78, 5) is 22.0. The number of phenolic OH excluding ortho intramolecular Hbond substituents is 3. The van der Waals surface area contributed by atoms with Crippen LogP contribution >= 0.6 is 0 Å². The topological polar surface area (TPSA) is 181 Å². The van der Waals surface area contributed by atoms with Crippen LogP contribution in [0.1, 0.15) is 187 Å². The molecule has 12 aromatic rings. The number of phenols is 3. The zero-order valence-electron chi connectivity index (χ0n) is 78.1. The Hall–Kier alpha value is -12.1. The highest BCUT2D eigenvalue weighted by atomic mass is 16.5. The summed E-state index contributed by atoms with van der Waals surface area (Å²) in [6.07, 6.45) is 5.89. The number of aliphatic hydroxyl groups is 4. The molecule has 4 aliphatic rings. The number of esters is 1. The number of likely N-dealkylation sites (N-methyl/N-ethyl adjacent to an activating group) is 3. The fourth-order valence-corrected chi connectivity index (χ4v) is 18.2. The van der Waals surface area contributed by atoms with Gasteiger partial charge in [0.15, 0.2) is 0 Å². The van der Waals surface area contributed by atoms with E-state index in [-0.39, 0.29) is 49.6 Å². The lowest BCUT2D eigenvalue weighted by Gasteiger charge is -2.44. The summed E-state index contributed by atoms with van der Waals surface area (Å²) in [5.41, 5.74) is 27.8. The number of hydrogen-bond donors (Lipinski definition) is 7. The quantitative estimate of drug-likeness (QED) is 0.00979. The van der Waals surface area contributed by atoms with Gasteiger partial charge in [0.1, 0.15) is 23.0 Å². The van der Waals surface area contributed by atoms with Crippen molar-refractivity contribution in [3.8, 4) is 23.0 Å². The predicted molar refractivity (Wildman–Crippen MR) is 540 cm³/mol. The number of carbonyl (C=O) groups is 1. The fourth-order valence-electron chi connectivity index (χ4n) is 18.2. The minimum Gasteiger partial charge on any atom is -0.508 e. The molecule has 7 N–H and O–H groups in total. The van der Waals surface area contributed by atoms with Crippen LogP contribution in [0.15, 0.2) is 315 Å². The third-order valence-corrected chi connectivity index (χ3v) is 25.6. The van der Waals surface area contributed by atoms with Gasteiger partial charge in [-0.3, -0.25) is 9.69 Å². The Balaban J connectivity index is 0.000000149. The molecule has 4 heterocycles. The number of benzene rings is 12. The van der Waals surface area contributed by atoms with Crippen LogP contribution in [0.4, 0.5) is 5.69 Å². The number of nitrogens with zero attached hydrogens (tertiary/aromatic N) is 5. The van der Waals surface area contributed by atoms with E-state index in [1.807, 2.05) is 106 Å². The number of quaternary nitrogens is 1. The van der Waals surface area contributed by atoms with Gasteiger partial charge >= 0.3 is 5.97 Å². The van der Waals surface area contributed by atoms with Crippen molar-refractivity contribution in [3.63, 3.8) is 0 Å². The van der Waals surface area contributed by atoms with E-state index in [2.05, 4.69) is 256 Å². The molecule has 14 nitrogen and oxygen atoms in total. The molecule has 680 valence electrons. The molecule has 0 bridgehead atoms. The number of rotatable bonds is 30. The van der Waals surface area contributed by atoms with Gasteiger partial charge in [0.2, 0.25) is 0 Å². The van der Waals surface area contributed by atoms with Gasteiger partial charge in [0, 0.05) is 102 Å². The van der Waals surface area contributed by atoms with Gasteiger partial charge in [-0.05, 0) is 289 Å². The third kappa shape index (κ3) is 26.2. The number of aliphatic hydroxyl groups excluding tert-OH is 4. The summed E-state index contributed by atoms with van der Waals surface area (Å²) in [5, 5.41) is 67.8. The van der Waals surface area contributed by atoms with Crippen LogP contribution in [0.3, 0.4) is 0 Å². The lowest BCUT2D eigenvalue weighted by atomic mass is 9.85. The Morgan fingerprint density at radius 3 is 0.878 bits per heavy atom. The number of carbonyl (C=O) groups excluding carboxylic acids is 1. The summed E-state index contributed by atoms with van der Waals surface area (Å²) in [6.45, 7) is 21.7. The van der Waals surface area contributed by atoms with Crippen molar-refractivity contribution in [2.75, 3.05) is 125 Å². The number of aromatic hydroxyl groups is 3. The molecule has 0 saturated carbocycles. The first-order valence-corrected chi connectivity index (χ1v) is 46.8. The predicted octanol–water partition coefficient (Wildman–Crippen LogP) is 22.5. The maximum absolute atomic E-state index is 12.4. The molecule has 4 saturated heterocycles. The van der Waals surface area contributed by atoms with E-state index in [0.717, 1.165) is 149 Å². The van der Waals surface area contributed by atoms with E-state index in [4.69, 9.17) is 4.74 Å². The molecule has 0 spiro atoms. The second-order valence-electron chi connectivity index (χ2n) is 37.4. The van der Waals surface area contributed by atoms with Crippen molar-refractivity contribution in [2.45, 2.75) is 110 Å². The largest absolute Gasteiger partial charge is 0.508 e. The highest BCUT2D eigenvalue weighted by Crippen LogP contribution is 2.44. The zero-order valence-corrected chi connectivity index (χ0v) is 78.1. The van der Waals surface area contributed by atoms with Crippen LogP contribution < -0.4 is 9.64 Å². The standard InChI is InChI=1S/C33H40N2O3.C29H33NO2.C28H31NO2.C27H29NO2/c1-33(2,3)32(37)38-29-18-14-27(15-19-29)31(30(11-8-24-36)25-9-6-5-7-10-25)26-12-16-28(17-13-26)35-22-20-34(4)21-23-35;1-21(2)30-19-26(20-30)22-10-12-24(13-11-22)29(25-14-16-27(32)17-15-25)28(9-6-18-31)23-7-4-3-5-8-23;1-29(2)19-25(20-29)21-10-12-23(13-11-21)28(24-14-16-26(31)17-15-24)27(9-6-18-30)22-7-4-3-5-8-22;1-28-18-24(19-28)20-9-11-22(12-10-20)27(23-13-15-25(30)16-14-23)26(8-5-17-29)21-6-3-2-4-7-21/h5-7,9-10,12-19,36H,8,11,20-24H2,1-4H3;3-5,7-8,10-17,21,26,31-32H,6,9,18-20H2,1-2H3;3-5,7-8,10-17,25,30H,6,9,18-20H2,1-2H3;2-4,6-7,9-16,24,29-30H,5,8,17-19H2,1H3/p+1/b31-30+;29-28+;28-27+;27-26+. The molecule has 0 unspecified atom stereocenters. The van der Waals surface area contributed by atoms with Crippen LogP contribution in [0.2, 0.25) is 0 Å². The molecule has 0 amide bonds. The maximum atomic E-state index is 12.4. The van der Waals surface area contributed by atoms with Gasteiger partial charge in [0.05, 0.1) is 38.5 Å². The molecule has 4 aliphatic heterocycles. The van der Waals surface area contributed by atoms with Crippen molar-refractivity contribution < 1.29 is 49.8 Å². The maximum Gasteiger partial charge on any atom is 0.316 e. The van der Waals surface area contributed by atoms with E-state index in [1.54, 1.807) is 36.4 Å². The molecular weight excluding hydrogens is 1620 g/mol. The monoisotopic (exact) mass is 1750 g/mol. The first-order valence-electron chi connectivity index (χ1n) is 46.8. The van der Waals surface area contributed by atoms with Crippen molar-refractivity contribution >= 4 is 56.2 Å². The Morgan fingerprint density at radius 1 is 0.344 bits per heavy atom. The molecule has 131 heavy (non-hydrogen) atoms. The van der Waals surface area contributed by atoms with E-state index in [1.165, 1.54) is 80.0 Å². The number of hydrogen-bond acceptors (Lipinski definition) is 13. The van der Waals surface area contributed by atoms with Crippen molar-refractivity contribution in [3.05, 3.63) is 399 Å². The summed E-state index contributed by atoms with van der Waals surface area (Å²) in [5.74, 6) is 2.93.